The normalized spacial score (nSPS) is 14.5. The van der Waals surface area contributed by atoms with E-state index in [1.165, 1.54) is 0 Å². The summed E-state index contributed by atoms with van der Waals surface area (Å²) >= 11 is 3.62. The van der Waals surface area contributed by atoms with E-state index in [0.29, 0.717) is 5.95 Å². The van der Waals surface area contributed by atoms with Crippen molar-refractivity contribution in [2.45, 2.75) is 26.7 Å². The summed E-state index contributed by atoms with van der Waals surface area (Å²) in [5.41, 5.74) is 5.19. The maximum Gasteiger partial charge on any atom is 0.226 e. The van der Waals surface area contributed by atoms with E-state index < -0.39 is 0 Å². The third-order valence-corrected chi connectivity index (χ3v) is 6.62. The summed E-state index contributed by atoms with van der Waals surface area (Å²) in [6.07, 6.45) is 1.69. The summed E-state index contributed by atoms with van der Waals surface area (Å²) < 4.78 is 3.24. The topological polar surface area (TPSA) is 93.8 Å². The van der Waals surface area contributed by atoms with Crippen molar-refractivity contribution in [3.05, 3.63) is 27.7 Å². The summed E-state index contributed by atoms with van der Waals surface area (Å²) in [5.74, 6) is 2.52. The Bertz CT molecular complexity index is 1180. The molecule has 1 fully saturated rings. The summed E-state index contributed by atoms with van der Waals surface area (Å²) in [4.78, 5) is 12.1. The van der Waals surface area contributed by atoms with Gasteiger partial charge in [0.25, 0.3) is 0 Å². The van der Waals surface area contributed by atoms with Gasteiger partial charge >= 0.3 is 0 Å². The molecule has 0 spiro atoms. The third-order valence-electron chi connectivity index (χ3n) is 6.16. The van der Waals surface area contributed by atoms with Crippen LogP contribution in [-0.4, -0.2) is 48.8 Å². The summed E-state index contributed by atoms with van der Waals surface area (Å²) in [6.45, 7) is 5.83. The van der Waals surface area contributed by atoms with Gasteiger partial charge < -0.3 is 20.9 Å². The minimum absolute atomic E-state index is 0.113. The molecule has 3 heterocycles. The average Bonchev–Trinajstić information content (AvgIpc) is 3.11. The van der Waals surface area contributed by atoms with Crippen molar-refractivity contribution in [3.63, 3.8) is 0 Å². The van der Waals surface area contributed by atoms with Crippen LogP contribution in [0.4, 0.5) is 23.3 Å². The highest BCUT2D eigenvalue weighted by molar-refractivity contribution is 9.10. The number of aromatic nitrogens is 3. The Morgan fingerprint density at radius 3 is 2.22 bits per heavy atom. The fraction of sp³-hybridized carbons (Fsp3) is 0.435. The lowest BCUT2D eigenvalue weighted by Crippen LogP contribution is -2.34. The minimum atomic E-state index is 0.113. The highest BCUT2D eigenvalue weighted by Crippen LogP contribution is 2.43. The second-order valence-corrected chi connectivity index (χ2v) is 9.07. The Labute approximate surface area is 197 Å². The fourth-order valence-corrected chi connectivity index (χ4v) is 5.36. The Morgan fingerprint density at radius 2 is 1.69 bits per heavy atom. The van der Waals surface area contributed by atoms with E-state index >= 15 is 0 Å². The zero-order valence-corrected chi connectivity index (χ0v) is 20.8. The number of anilines is 4. The van der Waals surface area contributed by atoms with E-state index in [-0.39, 0.29) is 5.92 Å². The summed E-state index contributed by atoms with van der Waals surface area (Å²) in [6, 6.07) is 6.67. The second-order valence-electron chi connectivity index (χ2n) is 8.16. The molecule has 3 N–H and O–H groups in total. The second kappa shape index (κ2) is 8.87. The molecule has 0 saturated carbocycles. The molecular formula is C23H29BrN8. The first-order valence-corrected chi connectivity index (χ1v) is 11.6. The Balaban J connectivity index is 2.04. The molecule has 0 radical (unpaired) electrons. The Morgan fingerprint density at radius 1 is 1.03 bits per heavy atom. The van der Waals surface area contributed by atoms with Crippen LogP contribution in [0.1, 0.15) is 24.0 Å². The molecule has 1 aliphatic rings. The van der Waals surface area contributed by atoms with Crippen molar-refractivity contribution in [2.75, 3.05) is 55.1 Å². The number of halogens is 1. The molecule has 8 nitrogen and oxygen atoms in total. The van der Waals surface area contributed by atoms with E-state index in [1.54, 1.807) is 0 Å². The molecule has 0 amide bonds. The van der Waals surface area contributed by atoms with Crippen LogP contribution in [-0.2, 0) is 0 Å². The average molecular weight is 497 g/mol. The van der Waals surface area contributed by atoms with Crippen molar-refractivity contribution in [1.82, 2.24) is 14.5 Å². The Kier molecular flexibility index (Phi) is 6.15. The smallest absolute Gasteiger partial charge is 0.226 e. The number of nitrogens with one attached hydrogen (secondary N) is 3. The molecule has 168 valence electrons. The first-order chi connectivity index (χ1) is 15.4. The van der Waals surface area contributed by atoms with Gasteiger partial charge in [-0.05, 0) is 49.9 Å². The first-order valence-electron chi connectivity index (χ1n) is 10.8. The van der Waals surface area contributed by atoms with Gasteiger partial charge in [0.15, 0.2) is 5.65 Å². The third kappa shape index (κ3) is 3.62. The molecule has 32 heavy (non-hydrogen) atoms. The van der Waals surface area contributed by atoms with Crippen LogP contribution < -0.4 is 20.9 Å². The van der Waals surface area contributed by atoms with Gasteiger partial charge in [-0.2, -0.15) is 15.2 Å². The molecule has 2 aromatic heterocycles. The molecule has 1 saturated heterocycles. The number of hydrogen-bond donors (Lipinski definition) is 3. The van der Waals surface area contributed by atoms with Gasteiger partial charge in [-0.3, -0.25) is 4.57 Å². The molecule has 9 heteroatoms. The van der Waals surface area contributed by atoms with E-state index in [2.05, 4.69) is 73.4 Å². The van der Waals surface area contributed by atoms with Crippen molar-refractivity contribution >= 4 is 50.2 Å². The molecular weight excluding hydrogens is 468 g/mol. The standard InChI is InChI=1S/C23H29BrN8/c1-13-10-16(24)11-14(2)19(13)32-21-17(18(26-3)22(32)27-4)20(29-23(28-5)30-21)31-8-6-15(12-25)7-9-31/h10-11,15,26-27H,6-9H2,1-5H3,(H,28,29,30). The predicted octanol–water partition coefficient (Wildman–Crippen LogP) is 4.66. The molecule has 0 aliphatic carbocycles. The summed E-state index contributed by atoms with van der Waals surface area (Å²) in [7, 11) is 5.70. The zero-order valence-electron chi connectivity index (χ0n) is 19.2. The van der Waals surface area contributed by atoms with E-state index in [0.717, 1.165) is 75.6 Å². The number of benzene rings is 1. The number of hydrogen-bond acceptors (Lipinski definition) is 7. The SMILES string of the molecule is CNc1nc(N2CCC(C#N)CC2)c2c(NC)c(NC)n(-c3c(C)cc(Br)cc3C)c2n1. The first kappa shape index (κ1) is 22.2. The highest BCUT2D eigenvalue weighted by Gasteiger charge is 2.28. The number of nitriles is 1. The van der Waals surface area contributed by atoms with Crippen molar-refractivity contribution < 1.29 is 0 Å². The van der Waals surface area contributed by atoms with Gasteiger partial charge in [0.2, 0.25) is 5.95 Å². The molecule has 0 atom stereocenters. The van der Waals surface area contributed by atoms with Crippen LogP contribution in [0.3, 0.4) is 0 Å². The quantitative estimate of drug-likeness (QED) is 0.472. The molecule has 0 bridgehead atoms. The maximum atomic E-state index is 9.32. The Hall–Kier alpha value is -2.99. The van der Waals surface area contributed by atoms with E-state index in [1.807, 2.05) is 21.1 Å². The molecule has 0 unspecified atom stereocenters. The van der Waals surface area contributed by atoms with Gasteiger partial charge in [0.05, 0.1) is 22.8 Å². The molecule has 4 rings (SSSR count). The lowest BCUT2D eigenvalue weighted by molar-refractivity contribution is 0.486. The number of nitrogens with zero attached hydrogens (tertiary/aromatic N) is 5. The zero-order chi connectivity index (χ0) is 23.0. The number of fused-ring (bicyclic) bond motifs is 1. The predicted molar refractivity (Wildman–Crippen MR) is 135 cm³/mol. The lowest BCUT2D eigenvalue weighted by Gasteiger charge is -2.30. The van der Waals surface area contributed by atoms with E-state index in [4.69, 9.17) is 9.97 Å². The van der Waals surface area contributed by atoms with Gasteiger partial charge in [-0.1, -0.05) is 15.9 Å². The molecule has 3 aromatic rings. The largest absolute Gasteiger partial charge is 0.384 e. The van der Waals surface area contributed by atoms with Crippen LogP contribution in [0, 0.1) is 31.1 Å². The number of aryl methyl sites for hydroxylation is 2. The van der Waals surface area contributed by atoms with Crippen molar-refractivity contribution in [3.8, 4) is 11.8 Å². The van der Waals surface area contributed by atoms with Crippen LogP contribution in [0.2, 0.25) is 0 Å². The lowest BCUT2D eigenvalue weighted by atomic mass is 9.98. The van der Waals surface area contributed by atoms with Crippen molar-refractivity contribution in [1.29, 1.82) is 5.26 Å². The number of rotatable bonds is 5. The molecule has 1 aromatic carbocycles. The fourth-order valence-electron chi connectivity index (χ4n) is 4.67. The summed E-state index contributed by atoms with van der Waals surface area (Å²) in [5, 5.41) is 20.2. The number of piperidine rings is 1. The van der Waals surface area contributed by atoms with Gasteiger partial charge in [0, 0.05) is 44.6 Å². The van der Waals surface area contributed by atoms with Crippen LogP contribution >= 0.6 is 15.9 Å². The van der Waals surface area contributed by atoms with Crippen LogP contribution in [0.5, 0.6) is 0 Å². The monoisotopic (exact) mass is 496 g/mol. The van der Waals surface area contributed by atoms with Gasteiger partial charge in [-0.15, -0.1) is 0 Å². The van der Waals surface area contributed by atoms with Crippen LogP contribution in [0.15, 0.2) is 16.6 Å². The van der Waals surface area contributed by atoms with Crippen LogP contribution in [0.25, 0.3) is 16.7 Å². The van der Waals surface area contributed by atoms with Gasteiger partial charge in [-0.25, -0.2) is 0 Å². The van der Waals surface area contributed by atoms with Crippen molar-refractivity contribution in [2.24, 2.45) is 5.92 Å². The minimum Gasteiger partial charge on any atom is -0.384 e. The van der Waals surface area contributed by atoms with Gasteiger partial charge in [0.1, 0.15) is 11.6 Å². The highest BCUT2D eigenvalue weighted by atomic mass is 79.9. The molecule has 1 aliphatic heterocycles. The van der Waals surface area contributed by atoms with E-state index in [9.17, 15) is 5.26 Å². The maximum absolute atomic E-state index is 9.32.